The van der Waals surface area contributed by atoms with Crippen LogP contribution in [-0.2, 0) is 58.6 Å². The van der Waals surface area contributed by atoms with Crippen molar-refractivity contribution in [1.82, 2.24) is 4.90 Å². The number of ketones is 1. The standard InChI is InChI=1S/C58H79NO14/c1-14-45-58(64,33-41-24-18-15-19-25-41)32-36(3)47(60)35(2)31-56(8,65-12)50(73-55-49(44(59(10)11)30-37(4)67-55)71-53(62)42-26-20-16-21-27-42)38(5)48(39(6)52(61)69-45)70-46-34-57(9,66-13)51(40(7)68-46)72-54(63)43-28-22-17-23-29-43/h15-29,32,35,37-40,44-46,48-51,55,64H,14,30-31,33-34H2,1-13H3/b36-32+/t35-,37-,38+,39-,40+,44+,45-,46?,48+,49-,50-,51+,55?,56+,57-,58-/m1/s1. The molecule has 3 aliphatic rings. The van der Waals surface area contributed by atoms with Crippen molar-refractivity contribution in [3.63, 3.8) is 0 Å². The number of ether oxygens (including phenoxy) is 9. The third kappa shape index (κ3) is 13.5. The first-order valence-corrected chi connectivity index (χ1v) is 25.7. The molecule has 3 aliphatic heterocycles. The summed E-state index contributed by atoms with van der Waals surface area (Å²) < 4.78 is 59.2. The van der Waals surface area contributed by atoms with Gasteiger partial charge in [-0.15, -0.1) is 0 Å². The van der Waals surface area contributed by atoms with E-state index in [1.165, 1.54) is 20.3 Å². The number of allylic oxidation sites excluding steroid dienone is 1. The van der Waals surface area contributed by atoms with Crippen LogP contribution in [0.15, 0.2) is 103 Å². The Hall–Kier alpha value is -4.84. The molecule has 16 atom stereocenters. The number of carbonyl (C=O) groups is 4. The van der Waals surface area contributed by atoms with Crippen LogP contribution in [0.4, 0.5) is 0 Å². The molecule has 0 aliphatic carbocycles. The highest BCUT2D eigenvalue weighted by Gasteiger charge is 2.54. The summed E-state index contributed by atoms with van der Waals surface area (Å²) in [6.45, 7) is 16.2. The Labute approximate surface area is 432 Å². The van der Waals surface area contributed by atoms with Crippen molar-refractivity contribution in [1.29, 1.82) is 0 Å². The van der Waals surface area contributed by atoms with E-state index in [0.29, 0.717) is 23.1 Å². The third-order valence-corrected chi connectivity index (χ3v) is 15.2. The summed E-state index contributed by atoms with van der Waals surface area (Å²) in [5.74, 6) is -4.63. The van der Waals surface area contributed by atoms with E-state index in [-0.39, 0.29) is 43.6 Å². The Kier molecular flexibility index (Phi) is 19.4. The zero-order chi connectivity index (χ0) is 53.4. The smallest absolute Gasteiger partial charge is 0.338 e. The molecular weight excluding hydrogens is 935 g/mol. The first kappa shape index (κ1) is 57.4. The molecule has 0 saturated carbocycles. The molecule has 2 fully saturated rings. The largest absolute Gasteiger partial charge is 0.459 e. The van der Waals surface area contributed by atoms with Crippen molar-refractivity contribution in [2.24, 2.45) is 17.8 Å². The number of hydrogen-bond donors (Lipinski definition) is 1. The quantitative estimate of drug-likeness (QED) is 0.120. The molecule has 3 heterocycles. The number of aliphatic hydroxyl groups is 1. The summed E-state index contributed by atoms with van der Waals surface area (Å²) in [7, 11) is 6.88. The maximum atomic E-state index is 15.1. The Morgan fingerprint density at radius 3 is 1.84 bits per heavy atom. The lowest BCUT2D eigenvalue weighted by Gasteiger charge is -2.50. The number of likely N-dealkylation sites (N-methyl/N-ethyl adjacent to an activating group) is 1. The van der Waals surface area contributed by atoms with E-state index < -0.39 is 102 Å². The van der Waals surface area contributed by atoms with Gasteiger partial charge in [0.25, 0.3) is 0 Å². The Morgan fingerprint density at radius 2 is 1.29 bits per heavy atom. The van der Waals surface area contributed by atoms with Crippen LogP contribution < -0.4 is 0 Å². The molecule has 3 aromatic rings. The highest BCUT2D eigenvalue weighted by molar-refractivity contribution is 5.96. The van der Waals surface area contributed by atoms with Gasteiger partial charge in [-0.3, -0.25) is 9.59 Å². The van der Waals surface area contributed by atoms with Gasteiger partial charge < -0.3 is 52.6 Å². The number of esters is 3. The summed E-state index contributed by atoms with van der Waals surface area (Å²) in [4.78, 5) is 59.1. The van der Waals surface area contributed by atoms with Gasteiger partial charge in [0, 0.05) is 38.9 Å². The molecule has 0 spiro atoms. The molecule has 2 unspecified atom stereocenters. The number of cyclic esters (lactones) is 1. The second kappa shape index (κ2) is 24.7. The molecule has 0 radical (unpaired) electrons. The second-order valence-corrected chi connectivity index (χ2v) is 21.1. The van der Waals surface area contributed by atoms with Crippen molar-refractivity contribution < 1.29 is 66.9 Å². The predicted octanol–water partition coefficient (Wildman–Crippen LogP) is 8.34. The van der Waals surface area contributed by atoms with E-state index in [4.69, 9.17) is 42.6 Å². The molecule has 0 bridgehead atoms. The highest BCUT2D eigenvalue weighted by Crippen LogP contribution is 2.42. The second-order valence-electron chi connectivity index (χ2n) is 21.1. The fourth-order valence-corrected chi connectivity index (χ4v) is 11.1. The molecule has 15 nitrogen and oxygen atoms in total. The maximum absolute atomic E-state index is 15.1. The number of nitrogens with zero attached hydrogens (tertiary/aromatic N) is 1. The lowest BCUT2D eigenvalue weighted by Crippen LogP contribution is -2.61. The summed E-state index contributed by atoms with van der Waals surface area (Å²) in [5.41, 5.74) is -2.48. The summed E-state index contributed by atoms with van der Waals surface area (Å²) in [5, 5.41) is 12.7. The SMILES string of the molecule is CC[C@H]1OC(=O)[C@H](C)[C@@H](OC2C[C@@](C)(OC)[C@@H](OC(=O)c3ccccc3)[C@H](C)O2)[C@H](C)[C@@H](OC2O[C@H](C)C[C@H](N(C)C)[C@H]2OC(=O)c2ccccc2)[C@@](C)(OC)C[C@@H](C)C(=O)/C(C)=C/[C@@]1(O)Cc1ccccc1. The van der Waals surface area contributed by atoms with Gasteiger partial charge in [-0.05, 0) is 116 Å². The molecular formula is C58H79NO14. The fraction of sp³-hybridized carbons (Fsp3) is 0.586. The average molecular weight is 1010 g/mol. The lowest BCUT2D eigenvalue weighted by atomic mass is 9.75. The van der Waals surface area contributed by atoms with Gasteiger partial charge in [0.05, 0.1) is 53.1 Å². The fourth-order valence-electron chi connectivity index (χ4n) is 11.1. The molecule has 3 aromatic carbocycles. The zero-order valence-corrected chi connectivity index (χ0v) is 45.0. The van der Waals surface area contributed by atoms with E-state index in [1.807, 2.05) is 103 Å². The monoisotopic (exact) mass is 1010 g/mol. The minimum absolute atomic E-state index is 0.0538. The normalized spacial score (nSPS) is 36.5. The van der Waals surface area contributed by atoms with Crippen LogP contribution in [0.25, 0.3) is 0 Å². The Bertz CT molecular complexity index is 2330. The number of methoxy groups -OCH3 is 2. The molecule has 15 heteroatoms. The van der Waals surface area contributed by atoms with Gasteiger partial charge in [0.2, 0.25) is 0 Å². The van der Waals surface area contributed by atoms with E-state index in [9.17, 15) is 19.5 Å². The summed E-state index contributed by atoms with van der Waals surface area (Å²) in [6, 6.07) is 26.3. The first-order valence-electron chi connectivity index (χ1n) is 25.7. The van der Waals surface area contributed by atoms with Gasteiger partial charge in [0.1, 0.15) is 17.3 Å². The van der Waals surface area contributed by atoms with Crippen LogP contribution >= 0.6 is 0 Å². The van der Waals surface area contributed by atoms with E-state index >= 15 is 4.79 Å². The van der Waals surface area contributed by atoms with Crippen molar-refractivity contribution in [3.8, 4) is 0 Å². The summed E-state index contributed by atoms with van der Waals surface area (Å²) in [6.07, 6.45) is -5.95. The summed E-state index contributed by atoms with van der Waals surface area (Å²) >= 11 is 0. The van der Waals surface area contributed by atoms with Gasteiger partial charge >= 0.3 is 17.9 Å². The molecule has 0 aromatic heterocycles. The average Bonchev–Trinajstić information content (AvgIpc) is 3.37. The molecule has 2 saturated heterocycles. The van der Waals surface area contributed by atoms with Crippen molar-refractivity contribution in [3.05, 3.63) is 119 Å². The van der Waals surface area contributed by atoms with Crippen molar-refractivity contribution >= 4 is 23.7 Å². The van der Waals surface area contributed by atoms with Gasteiger partial charge in [-0.25, -0.2) is 9.59 Å². The highest BCUT2D eigenvalue weighted by atomic mass is 16.7. The number of rotatable bonds is 14. The van der Waals surface area contributed by atoms with Crippen LogP contribution in [0.1, 0.15) is 114 Å². The maximum Gasteiger partial charge on any atom is 0.338 e. The van der Waals surface area contributed by atoms with E-state index in [2.05, 4.69) is 0 Å². The zero-order valence-electron chi connectivity index (χ0n) is 45.0. The number of benzene rings is 3. The van der Waals surface area contributed by atoms with Crippen molar-refractivity contribution in [2.75, 3.05) is 28.3 Å². The minimum atomic E-state index is -1.80. The lowest BCUT2D eigenvalue weighted by molar-refractivity contribution is -0.318. The Balaban J connectivity index is 1.47. The number of Topliss-reactive ketones (excluding diaryl/α,β-unsaturated/α-hetero) is 1. The third-order valence-electron chi connectivity index (χ3n) is 15.2. The van der Waals surface area contributed by atoms with Crippen LogP contribution in [0.3, 0.4) is 0 Å². The molecule has 0 amide bonds. The van der Waals surface area contributed by atoms with Crippen LogP contribution in [-0.4, -0.2) is 140 Å². The van der Waals surface area contributed by atoms with Gasteiger partial charge in [-0.2, -0.15) is 0 Å². The number of carbonyl (C=O) groups excluding carboxylic acids is 4. The molecule has 73 heavy (non-hydrogen) atoms. The van der Waals surface area contributed by atoms with Crippen LogP contribution in [0, 0.1) is 17.8 Å². The predicted molar refractivity (Wildman–Crippen MR) is 273 cm³/mol. The van der Waals surface area contributed by atoms with Crippen molar-refractivity contribution in [2.45, 2.75) is 173 Å². The van der Waals surface area contributed by atoms with Crippen LogP contribution in [0.2, 0.25) is 0 Å². The first-order chi connectivity index (χ1) is 34.6. The van der Waals surface area contributed by atoms with Gasteiger partial charge in [-0.1, -0.05) is 87.5 Å². The molecule has 6 rings (SSSR count). The van der Waals surface area contributed by atoms with E-state index in [1.54, 1.807) is 69.3 Å². The van der Waals surface area contributed by atoms with E-state index in [0.717, 1.165) is 5.56 Å². The van der Waals surface area contributed by atoms with Gasteiger partial charge in [0.15, 0.2) is 30.6 Å². The minimum Gasteiger partial charge on any atom is -0.459 e. The Morgan fingerprint density at radius 1 is 0.740 bits per heavy atom. The van der Waals surface area contributed by atoms with Crippen LogP contribution in [0.5, 0.6) is 0 Å². The topological polar surface area (TPSA) is 175 Å². The molecule has 1 N–H and O–H groups in total. The number of hydrogen-bond acceptors (Lipinski definition) is 15. The molecule has 400 valence electrons.